The Labute approximate surface area is 130 Å². The SMILES string of the molecule is CCN(CC)C(=O)c1cccc(N2C(=O)C(C)CS2(=O)=O)c1. The zero-order valence-corrected chi connectivity index (χ0v) is 13.8. The van der Waals surface area contributed by atoms with Crippen LogP contribution in [0.25, 0.3) is 0 Å². The lowest BCUT2D eigenvalue weighted by Gasteiger charge is -2.20. The predicted molar refractivity (Wildman–Crippen MR) is 84.1 cm³/mol. The number of nitrogens with zero attached hydrogens (tertiary/aromatic N) is 2. The molecule has 1 aliphatic rings. The number of benzene rings is 1. The van der Waals surface area contributed by atoms with Crippen molar-refractivity contribution in [1.29, 1.82) is 0 Å². The van der Waals surface area contributed by atoms with Crippen molar-refractivity contribution in [1.82, 2.24) is 4.90 Å². The molecular weight excluding hydrogens is 304 g/mol. The van der Waals surface area contributed by atoms with Crippen molar-refractivity contribution in [2.45, 2.75) is 20.8 Å². The van der Waals surface area contributed by atoms with Crippen molar-refractivity contribution >= 4 is 27.5 Å². The van der Waals surface area contributed by atoms with E-state index in [4.69, 9.17) is 0 Å². The molecule has 1 heterocycles. The summed E-state index contributed by atoms with van der Waals surface area (Å²) in [7, 11) is -3.65. The molecule has 0 spiro atoms. The van der Waals surface area contributed by atoms with Gasteiger partial charge in [-0.25, -0.2) is 12.7 Å². The highest BCUT2D eigenvalue weighted by Crippen LogP contribution is 2.28. The fourth-order valence-electron chi connectivity index (χ4n) is 2.55. The summed E-state index contributed by atoms with van der Waals surface area (Å²) in [5.74, 6) is -1.39. The molecule has 1 aromatic rings. The third kappa shape index (κ3) is 2.85. The van der Waals surface area contributed by atoms with E-state index in [2.05, 4.69) is 0 Å². The second kappa shape index (κ2) is 6.08. The number of carbonyl (C=O) groups is 2. The van der Waals surface area contributed by atoms with Gasteiger partial charge in [-0.1, -0.05) is 13.0 Å². The number of hydrogen-bond donors (Lipinski definition) is 0. The summed E-state index contributed by atoms with van der Waals surface area (Å²) in [6.45, 7) is 6.47. The van der Waals surface area contributed by atoms with Crippen molar-refractivity contribution in [2.75, 3.05) is 23.1 Å². The van der Waals surface area contributed by atoms with Crippen LogP contribution in [0.5, 0.6) is 0 Å². The number of amides is 2. The first-order valence-electron chi connectivity index (χ1n) is 7.28. The molecule has 22 heavy (non-hydrogen) atoms. The van der Waals surface area contributed by atoms with Crippen LogP contribution in [0.1, 0.15) is 31.1 Å². The van der Waals surface area contributed by atoms with E-state index in [0.717, 1.165) is 4.31 Å². The maximum Gasteiger partial charge on any atom is 0.253 e. The second-order valence-electron chi connectivity index (χ2n) is 5.31. The minimum absolute atomic E-state index is 0.177. The highest BCUT2D eigenvalue weighted by Gasteiger charge is 2.42. The summed E-state index contributed by atoms with van der Waals surface area (Å²) in [5, 5.41) is 0. The van der Waals surface area contributed by atoms with Crippen molar-refractivity contribution in [3.8, 4) is 0 Å². The van der Waals surface area contributed by atoms with Crippen LogP contribution in [-0.4, -0.2) is 44.0 Å². The van der Waals surface area contributed by atoms with Crippen LogP contribution in [-0.2, 0) is 14.8 Å². The van der Waals surface area contributed by atoms with Crippen molar-refractivity contribution in [2.24, 2.45) is 5.92 Å². The fourth-order valence-corrected chi connectivity index (χ4v) is 4.36. The minimum Gasteiger partial charge on any atom is -0.339 e. The smallest absolute Gasteiger partial charge is 0.253 e. The molecule has 1 atom stereocenters. The Kier molecular flexibility index (Phi) is 4.55. The van der Waals surface area contributed by atoms with Gasteiger partial charge in [0.25, 0.3) is 5.91 Å². The Morgan fingerprint density at radius 3 is 2.45 bits per heavy atom. The standard InChI is InChI=1S/C15H20N2O4S/c1-4-16(5-2)15(19)12-7-6-8-13(9-12)17-14(18)11(3)10-22(17,20)21/h6-9,11H,4-5,10H2,1-3H3. The van der Waals surface area contributed by atoms with Gasteiger partial charge in [0.1, 0.15) is 0 Å². The molecule has 1 saturated heterocycles. The third-order valence-electron chi connectivity index (χ3n) is 3.74. The zero-order chi connectivity index (χ0) is 16.5. The quantitative estimate of drug-likeness (QED) is 0.841. The summed E-state index contributed by atoms with van der Waals surface area (Å²) in [4.78, 5) is 26.1. The molecule has 1 unspecified atom stereocenters. The molecule has 0 bridgehead atoms. The molecule has 6 nitrogen and oxygen atoms in total. The van der Waals surface area contributed by atoms with E-state index in [9.17, 15) is 18.0 Å². The maximum atomic E-state index is 12.4. The van der Waals surface area contributed by atoms with Crippen LogP contribution in [0.4, 0.5) is 5.69 Å². The second-order valence-corrected chi connectivity index (χ2v) is 7.17. The molecule has 1 aromatic carbocycles. The molecule has 1 fully saturated rings. The van der Waals surface area contributed by atoms with Crippen LogP contribution in [0.2, 0.25) is 0 Å². The number of sulfonamides is 1. The van der Waals surface area contributed by atoms with Gasteiger partial charge in [0.15, 0.2) is 0 Å². The van der Waals surface area contributed by atoms with Crippen LogP contribution in [0.15, 0.2) is 24.3 Å². The lowest BCUT2D eigenvalue weighted by Crippen LogP contribution is -2.32. The molecule has 0 radical (unpaired) electrons. The number of carbonyl (C=O) groups excluding carboxylic acids is 2. The summed E-state index contributed by atoms with van der Waals surface area (Å²) in [6, 6.07) is 6.22. The third-order valence-corrected chi connectivity index (χ3v) is 5.61. The van der Waals surface area contributed by atoms with Gasteiger partial charge in [-0.3, -0.25) is 9.59 Å². The van der Waals surface area contributed by atoms with Gasteiger partial charge >= 0.3 is 0 Å². The minimum atomic E-state index is -3.65. The highest BCUT2D eigenvalue weighted by atomic mass is 32.2. The van der Waals surface area contributed by atoms with E-state index in [1.807, 2.05) is 13.8 Å². The van der Waals surface area contributed by atoms with Gasteiger partial charge in [-0.05, 0) is 32.0 Å². The Morgan fingerprint density at radius 1 is 1.32 bits per heavy atom. The summed E-state index contributed by atoms with van der Waals surface area (Å²) in [6.07, 6.45) is 0. The van der Waals surface area contributed by atoms with Crippen LogP contribution in [0, 0.1) is 5.92 Å². The first-order chi connectivity index (χ1) is 10.3. The van der Waals surface area contributed by atoms with Crippen molar-refractivity contribution < 1.29 is 18.0 Å². The average molecular weight is 324 g/mol. The summed E-state index contributed by atoms with van der Waals surface area (Å²) >= 11 is 0. The fraction of sp³-hybridized carbons (Fsp3) is 0.467. The summed E-state index contributed by atoms with van der Waals surface area (Å²) in [5.41, 5.74) is 0.608. The average Bonchev–Trinajstić information content (AvgIpc) is 2.68. The molecular formula is C15H20N2O4S. The lowest BCUT2D eigenvalue weighted by molar-refractivity contribution is -0.119. The molecule has 0 saturated carbocycles. The van der Waals surface area contributed by atoms with E-state index >= 15 is 0 Å². The molecule has 0 aromatic heterocycles. The van der Waals surface area contributed by atoms with Crippen molar-refractivity contribution in [3.63, 3.8) is 0 Å². The van der Waals surface area contributed by atoms with E-state index in [0.29, 0.717) is 18.7 Å². The number of hydrogen-bond acceptors (Lipinski definition) is 4. The van der Waals surface area contributed by atoms with E-state index in [1.54, 1.807) is 24.0 Å². The normalized spacial score (nSPS) is 20.2. The Bertz CT molecular complexity index is 695. The van der Waals surface area contributed by atoms with Gasteiger partial charge in [0, 0.05) is 18.7 Å². The molecule has 0 aliphatic carbocycles. The van der Waals surface area contributed by atoms with E-state index in [-0.39, 0.29) is 17.3 Å². The monoisotopic (exact) mass is 324 g/mol. The first-order valence-corrected chi connectivity index (χ1v) is 8.89. The Balaban J connectivity index is 2.41. The van der Waals surface area contributed by atoms with Crippen LogP contribution < -0.4 is 4.31 Å². The van der Waals surface area contributed by atoms with E-state index < -0.39 is 21.8 Å². The number of rotatable bonds is 4. The molecule has 2 amide bonds. The predicted octanol–water partition coefficient (Wildman–Crippen LogP) is 1.48. The molecule has 2 rings (SSSR count). The Hall–Kier alpha value is -1.89. The zero-order valence-electron chi connectivity index (χ0n) is 12.9. The van der Waals surface area contributed by atoms with Gasteiger partial charge < -0.3 is 4.90 Å². The van der Waals surface area contributed by atoms with E-state index in [1.165, 1.54) is 12.1 Å². The van der Waals surface area contributed by atoms with Crippen molar-refractivity contribution in [3.05, 3.63) is 29.8 Å². The molecule has 120 valence electrons. The van der Waals surface area contributed by atoms with Crippen LogP contribution in [0.3, 0.4) is 0 Å². The van der Waals surface area contributed by atoms with Gasteiger partial charge in [0.2, 0.25) is 15.9 Å². The van der Waals surface area contributed by atoms with Gasteiger partial charge in [-0.2, -0.15) is 0 Å². The molecule has 0 N–H and O–H groups in total. The van der Waals surface area contributed by atoms with Gasteiger partial charge in [-0.15, -0.1) is 0 Å². The summed E-state index contributed by atoms with van der Waals surface area (Å²) < 4.78 is 25.1. The lowest BCUT2D eigenvalue weighted by atomic mass is 10.1. The Morgan fingerprint density at radius 2 is 1.95 bits per heavy atom. The highest BCUT2D eigenvalue weighted by molar-refractivity contribution is 7.94. The largest absolute Gasteiger partial charge is 0.339 e. The maximum absolute atomic E-state index is 12.4. The van der Waals surface area contributed by atoms with Gasteiger partial charge in [0.05, 0.1) is 17.4 Å². The number of anilines is 1. The molecule has 7 heteroatoms. The molecule has 1 aliphatic heterocycles. The topological polar surface area (TPSA) is 74.8 Å². The first kappa shape index (κ1) is 16.5. The van der Waals surface area contributed by atoms with Crippen LogP contribution >= 0.6 is 0 Å².